The van der Waals surface area contributed by atoms with Crippen molar-refractivity contribution in [2.24, 2.45) is 0 Å². The highest BCUT2D eigenvalue weighted by Gasteiger charge is 2.34. The Morgan fingerprint density at radius 2 is 0.900 bits per heavy atom. The third-order valence-electron chi connectivity index (χ3n) is 3.94. The maximum atomic E-state index is 8.46. The lowest BCUT2D eigenvalue weighted by Gasteiger charge is -2.28. The second-order valence-electron chi connectivity index (χ2n) is 5.75. The summed E-state index contributed by atoms with van der Waals surface area (Å²) in [7, 11) is -2.31. The van der Waals surface area contributed by atoms with E-state index in [1.165, 1.54) is 51.4 Å². The van der Waals surface area contributed by atoms with Gasteiger partial charge in [0, 0.05) is 7.26 Å². The zero-order valence-electron chi connectivity index (χ0n) is 14.3. The maximum Gasteiger partial charge on any atom is 0.0594 e. The summed E-state index contributed by atoms with van der Waals surface area (Å²) >= 11 is 0. The summed E-state index contributed by atoms with van der Waals surface area (Å²) in [6.45, 7) is 9.42. The van der Waals surface area contributed by atoms with Crippen molar-refractivity contribution in [1.82, 2.24) is 0 Å². The van der Waals surface area contributed by atoms with Crippen LogP contribution in [0.4, 0.5) is 0 Å². The van der Waals surface area contributed by atoms with Crippen LogP contribution in [-0.2, 0) is 4.57 Å². The minimum absolute atomic E-state index is 0.562. The van der Waals surface area contributed by atoms with Crippen LogP contribution in [0.25, 0.3) is 0 Å². The summed E-state index contributed by atoms with van der Waals surface area (Å²) in [6, 6.07) is 0. The smallest absolute Gasteiger partial charge is 0.0594 e. The van der Waals surface area contributed by atoms with Gasteiger partial charge >= 0.3 is 0 Å². The summed E-state index contributed by atoms with van der Waals surface area (Å²) in [5.41, 5.74) is 0. The summed E-state index contributed by atoms with van der Waals surface area (Å²) in [5, 5.41) is 0. The molecule has 0 N–H and O–H groups in total. The van der Waals surface area contributed by atoms with E-state index in [9.17, 15) is 0 Å². The second kappa shape index (κ2) is 17.7. The van der Waals surface area contributed by atoms with Crippen LogP contribution in [0.5, 0.6) is 0 Å². The van der Waals surface area contributed by atoms with E-state index in [1.54, 1.807) is 24.6 Å². The van der Waals surface area contributed by atoms with Crippen LogP contribution >= 0.6 is 15.9 Å². The first kappa shape index (κ1) is 22.9. The Kier molecular flexibility index (Phi) is 20.2. The van der Waals surface area contributed by atoms with Gasteiger partial charge in [0.15, 0.2) is 0 Å². The van der Waals surface area contributed by atoms with Gasteiger partial charge in [0.05, 0.1) is 24.6 Å². The normalized spacial score (nSPS) is 11.7. The van der Waals surface area contributed by atoms with Crippen molar-refractivity contribution in [3.63, 3.8) is 0 Å². The van der Waals surface area contributed by atoms with E-state index in [1.807, 2.05) is 0 Å². The molecule has 0 fully saturated rings. The molecule has 0 aliphatic carbocycles. The van der Waals surface area contributed by atoms with Crippen LogP contribution in [0.2, 0.25) is 0 Å². The first-order chi connectivity index (χ1) is 9.66. The highest BCUT2D eigenvalue weighted by atomic mass is 31.2. The lowest BCUT2D eigenvalue weighted by atomic mass is 10.4. The fourth-order valence-electron chi connectivity index (χ4n) is 2.64. The molecule has 4 heteroatoms. The van der Waals surface area contributed by atoms with Gasteiger partial charge in [-0.25, -0.2) is 0 Å². The van der Waals surface area contributed by atoms with E-state index in [0.29, 0.717) is 0 Å². The Bertz CT molecular complexity index is 161. The Morgan fingerprint density at radius 3 is 1.05 bits per heavy atom. The molecule has 124 valence electrons. The van der Waals surface area contributed by atoms with Crippen molar-refractivity contribution in [2.75, 3.05) is 24.6 Å². The van der Waals surface area contributed by atoms with Gasteiger partial charge in [0.2, 0.25) is 0 Å². The molecule has 0 aliphatic heterocycles. The van der Waals surface area contributed by atoms with Gasteiger partial charge in [0.1, 0.15) is 0 Å². The first-order valence-corrected chi connectivity index (χ1v) is 12.0. The lowest BCUT2D eigenvalue weighted by molar-refractivity contribution is -0.154. The molecule has 0 rings (SSSR count). The van der Waals surface area contributed by atoms with Crippen LogP contribution in [-0.4, -0.2) is 24.6 Å². The Labute approximate surface area is 129 Å². The van der Waals surface area contributed by atoms with E-state index >= 15 is 0 Å². The molecule has 0 saturated carbocycles. The van der Waals surface area contributed by atoms with E-state index in [0.717, 1.165) is 0 Å². The summed E-state index contributed by atoms with van der Waals surface area (Å²) < 4.78 is 8.46. The maximum absolute atomic E-state index is 8.46. The average Bonchev–Trinajstić information content (AvgIpc) is 2.46. The Balaban J connectivity index is 0. The SMILES string of the molecule is CCCC[P+](CCCC)(CCCC)CCCC.O=[PH2][O-]. The number of unbranched alkanes of at least 4 members (excludes halogenated alkanes) is 4. The molecule has 0 radical (unpaired) electrons. The highest BCUT2D eigenvalue weighted by molar-refractivity contribution is 7.75. The molecule has 20 heavy (non-hydrogen) atoms. The largest absolute Gasteiger partial charge is 0.804 e. The minimum atomic E-state index is -1.75. The van der Waals surface area contributed by atoms with Gasteiger partial charge in [-0.05, 0) is 34.4 Å². The molecule has 0 aliphatic rings. The molecule has 1 atom stereocenters. The lowest BCUT2D eigenvalue weighted by Crippen LogP contribution is -2.12. The zero-order chi connectivity index (χ0) is 15.7. The second-order valence-corrected chi connectivity index (χ2v) is 10.4. The molecule has 0 aromatic carbocycles. The average molecular weight is 324 g/mol. The van der Waals surface area contributed by atoms with E-state index < -0.39 is 15.9 Å². The quantitative estimate of drug-likeness (QED) is 0.462. The molecule has 0 saturated heterocycles. The van der Waals surface area contributed by atoms with Crippen molar-refractivity contribution in [3.8, 4) is 0 Å². The van der Waals surface area contributed by atoms with Crippen LogP contribution in [0, 0.1) is 0 Å². The van der Waals surface area contributed by atoms with E-state index in [-0.39, 0.29) is 0 Å². The molecule has 0 aromatic heterocycles. The van der Waals surface area contributed by atoms with Gasteiger partial charge in [-0.2, -0.15) is 0 Å². The van der Waals surface area contributed by atoms with Gasteiger partial charge in [-0.1, -0.05) is 53.4 Å². The molecule has 2 nitrogen and oxygen atoms in total. The minimum Gasteiger partial charge on any atom is -0.804 e. The van der Waals surface area contributed by atoms with Gasteiger partial charge in [-0.15, -0.1) is 0 Å². The first-order valence-electron chi connectivity index (χ1n) is 8.56. The number of rotatable bonds is 12. The third kappa shape index (κ3) is 13.6. The fourth-order valence-corrected chi connectivity index (χ4v) is 7.93. The Morgan fingerprint density at radius 1 is 0.700 bits per heavy atom. The number of hydrogen-bond donors (Lipinski definition) is 0. The molecule has 0 bridgehead atoms. The molecule has 0 heterocycles. The topological polar surface area (TPSA) is 40.1 Å². The third-order valence-corrected chi connectivity index (χ3v) is 9.00. The predicted octanol–water partition coefficient (Wildman–Crippen LogP) is 5.22. The van der Waals surface area contributed by atoms with Gasteiger partial charge < -0.3 is 9.46 Å². The molecular weight excluding hydrogens is 286 g/mol. The van der Waals surface area contributed by atoms with Crippen molar-refractivity contribution < 1.29 is 9.46 Å². The van der Waals surface area contributed by atoms with Crippen molar-refractivity contribution >= 4 is 15.9 Å². The molecule has 1 unspecified atom stereocenters. The summed E-state index contributed by atoms with van der Waals surface area (Å²) in [6.07, 6.45) is 17.9. The standard InChI is InChI=1S/C16H36P.H3O2P/c1-5-9-13-17(14-10-6-2,15-11-7-3)16-12-8-4;1-3-2/h5-16H2,1-4H3;3H2,(H,1,2)/q+1;/p-1. The molecule has 0 amide bonds. The summed E-state index contributed by atoms with van der Waals surface area (Å²) in [4.78, 5) is 8.46. The number of hydrogen-bond acceptors (Lipinski definition) is 2. The fraction of sp³-hybridized carbons (Fsp3) is 1.00. The van der Waals surface area contributed by atoms with Crippen LogP contribution in [0.15, 0.2) is 0 Å². The highest BCUT2D eigenvalue weighted by Crippen LogP contribution is 2.61. The predicted molar refractivity (Wildman–Crippen MR) is 96.4 cm³/mol. The van der Waals surface area contributed by atoms with Crippen LogP contribution < -0.4 is 4.89 Å². The van der Waals surface area contributed by atoms with Gasteiger partial charge in [-0.3, -0.25) is 0 Å². The zero-order valence-corrected chi connectivity index (χ0v) is 16.4. The van der Waals surface area contributed by atoms with E-state index in [4.69, 9.17) is 9.46 Å². The Hall–Kier alpha value is 0.620. The van der Waals surface area contributed by atoms with Crippen molar-refractivity contribution in [1.29, 1.82) is 0 Å². The van der Waals surface area contributed by atoms with Crippen molar-refractivity contribution in [2.45, 2.75) is 79.1 Å². The molecular formula is C16H38O2P2. The van der Waals surface area contributed by atoms with E-state index in [2.05, 4.69) is 27.7 Å². The monoisotopic (exact) mass is 324 g/mol. The van der Waals surface area contributed by atoms with Crippen molar-refractivity contribution in [3.05, 3.63) is 0 Å². The molecule has 0 spiro atoms. The molecule has 0 aromatic rings. The van der Waals surface area contributed by atoms with Crippen LogP contribution in [0.3, 0.4) is 0 Å². The summed E-state index contributed by atoms with van der Waals surface area (Å²) in [5.74, 6) is 0. The van der Waals surface area contributed by atoms with Gasteiger partial charge in [0.25, 0.3) is 0 Å². The van der Waals surface area contributed by atoms with Crippen LogP contribution in [0.1, 0.15) is 79.1 Å².